The van der Waals surface area contributed by atoms with Gasteiger partial charge in [0.15, 0.2) is 0 Å². The third-order valence-electron chi connectivity index (χ3n) is 8.11. The molecule has 1 heterocycles. The predicted octanol–water partition coefficient (Wildman–Crippen LogP) is 6.38. The second kappa shape index (κ2) is 5.87. The number of benzene rings is 2. The van der Waals surface area contributed by atoms with E-state index in [1.165, 1.54) is 49.7 Å². The van der Waals surface area contributed by atoms with Gasteiger partial charge in [-0.15, -0.1) is 0 Å². The summed E-state index contributed by atoms with van der Waals surface area (Å²) in [4.78, 5) is 0. The van der Waals surface area contributed by atoms with Crippen LogP contribution in [-0.2, 0) is 6.42 Å². The van der Waals surface area contributed by atoms with Gasteiger partial charge in [0.2, 0.25) is 0 Å². The predicted molar refractivity (Wildman–Crippen MR) is 107 cm³/mol. The lowest BCUT2D eigenvalue weighted by Gasteiger charge is -2.64. The van der Waals surface area contributed by atoms with Crippen LogP contribution in [0.4, 0.5) is 0 Å². The number of rotatable bonds is 1. The molecule has 1 aliphatic heterocycles. The Bertz CT molecular complexity index is 797. The summed E-state index contributed by atoms with van der Waals surface area (Å²) < 4.78 is 7.05. The highest BCUT2D eigenvalue weighted by Gasteiger charge is 2.64. The van der Waals surface area contributed by atoms with Crippen molar-refractivity contribution in [1.82, 2.24) is 0 Å². The number of fused-ring (bicyclic) bond motifs is 1. The van der Waals surface area contributed by atoms with Crippen molar-refractivity contribution >= 4 is 0 Å². The van der Waals surface area contributed by atoms with Crippen LogP contribution in [0.3, 0.4) is 0 Å². The fraction of sp³-hybridized carbons (Fsp3) is 0.520. The van der Waals surface area contributed by atoms with Crippen molar-refractivity contribution in [2.24, 2.45) is 17.3 Å². The normalized spacial score (nSPS) is 38.5. The molecule has 136 valence electrons. The molecule has 2 saturated carbocycles. The highest BCUT2D eigenvalue weighted by Crippen LogP contribution is 2.65. The molecule has 3 aliphatic rings. The molecule has 5 atom stereocenters. The van der Waals surface area contributed by atoms with E-state index in [2.05, 4.69) is 68.4 Å². The summed E-state index contributed by atoms with van der Waals surface area (Å²) in [6.07, 6.45) is 7.65. The van der Waals surface area contributed by atoms with E-state index < -0.39 is 0 Å². The van der Waals surface area contributed by atoms with Gasteiger partial charge in [0.05, 0.1) is 0 Å². The third-order valence-corrected chi connectivity index (χ3v) is 8.11. The quantitative estimate of drug-likeness (QED) is 0.582. The van der Waals surface area contributed by atoms with Crippen LogP contribution >= 0.6 is 0 Å². The molecule has 1 heteroatoms. The van der Waals surface area contributed by atoms with E-state index in [-0.39, 0.29) is 11.0 Å². The highest BCUT2D eigenvalue weighted by molar-refractivity contribution is 5.40. The van der Waals surface area contributed by atoms with Gasteiger partial charge in [0.25, 0.3) is 0 Å². The van der Waals surface area contributed by atoms with Crippen molar-refractivity contribution in [1.29, 1.82) is 0 Å². The van der Waals surface area contributed by atoms with Crippen LogP contribution in [0.15, 0.2) is 54.6 Å². The maximum absolute atomic E-state index is 7.05. The second-order valence-electron chi connectivity index (χ2n) is 9.20. The van der Waals surface area contributed by atoms with Crippen LogP contribution in [0.5, 0.6) is 5.75 Å². The first-order valence-corrected chi connectivity index (χ1v) is 10.5. The average Bonchev–Trinajstić information content (AvgIpc) is 2.67. The molecule has 2 aromatic rings. The van der Waals surface area contributed by atoms with E-state index in [0.29, 0.717) is 17.8 Å². The Morgan fingerprint density at radius 1 is 0.962 bits per heavy atom. The van der Waals surface area contributed by atoms with Gasteiger partial charge >= 0.3 is 0 Å². The Hall–Kier alpha value is -1.76. The first-order valence-electron chi connectivity index (χ1n) is 10.5. The molecule has 1 spiro atoms. The van der Waals surface area contributed by atoms with Gasteiger partial charge in [-0.25, -0.2) is 0 Å². The molecule has 26 heavy (non-hydrogen) atoms. The fourth-order valence-electron chi connectivity index (χ4n) is 6.61. The minimum absolute atomic E-state index is 0.00220. The molecule has 0 N–H and O–H groups in total. The zero-order valence-corrected chi connectivity index (χ0v) is 16.1. The van der Waals surface area contributed by atoms with Crippen LogP contribution in [0.25, 0.3) is 0 Å². The Labute approximate surface area is 157 Å². The molecular formula is C25H30O. The van der Waals surface area contributed by atoms with Crippen LogP contribution in [0.2, 0.25) is 0 Å². The topological polar surface area (TPSA) is 9.23 Å². The van der Waals surface area contributed by atoms with Crippen LogP contribution in [-0.4, -0.2) is 5.60 Å². The fourth-order valence-corrected chi connectivity index (χ4v) is 6.61. The SMILES string of the molecule is C[C@@H]1C[C@H](c2ccccc2)[C@H]2CCCC[C@]23Oc2ccccc2C[C@]13C. The summed E-state index contributed by atoms with van der Waals surface area (Å²) in [5.74, 6) is 3.08. The number of hydrogen-bond donors (Lipinski definition) is 0. The third kappa shape index (κ3) is 2.15. The lowest BCUT2D eigenvalue weighted by molar-refractivity contribution is -0.186. The number of para-hydroxylation sites is 1. The molecule has 2 fully saturated rings. The van der Waals surface area contributed by atoms with Crippen molar-refractivity contribution in [2.45, 2.75) is 63.9 Å². The van der Waals surface area contributed by atoms with Gasteiger partial charge in [0, 0.05) is 11.3 Å². The molecule has 0 aromatic heterocycles. The van der Waals surface area contributed by atoms with Crippen molar-refractivity contribution in [3.05, 3.63) is 65.7 Å². The zero-order valence-electron chi connectivity index (χ0n) is 16.1. The van der Waals surface area contributed by atoms with Crippen molar-refractivity contribution in [2.75, 3.05) is 0 Å². The molecular weight excluding hydrogens is 316 g/mol. The molecule has 0 bridgehead atoms. The van der Waals surface area contributed by atoms with Crippen LogP contribution in [0.1, 0.15) is 63.0 Å². The maximum atomic E-state index is 7.05. The molecule has 0 amide bonds. The number of ether oxygens (including phenoxy) is 1. The van der Waals surface area contributed by atoms with Gasteiger partial charge in [0.1, 0.15) is 11.4 Å². The first-order chi connectivity index (χ1) is 12.6. The largest absolute Gasteiger partial charge is 0.486 e. The average molecular weight is 347 g/mol. The summed E-state index contributed by atoms with van der Waals surface area (Å²) in [5.41, 5.74) is 3.17. The Morgan fingerprint density at radius 3 is 2.58 bits per heavy atom. The molecule has 2 aromatic carbocycles. The van der Waals surface area contributed by atoms with Gasteiger partial charge in [-0.2, -0.15) is 0 Å². The van der Waals surface area contributed by atoms with E-state index in [1.54, 1.807) is 0 Å². The molecule has 2 aliphatic carbocycles. The van der Waals surface area contributed by atoms with Crippen molar-refractivity contribution in [3.8, 4) is 5.75 Å². The molecule has 0 radical (unpaired) electrons. The molecule has 0 saturated heterocycles. The van der Waals surface area contributed by atoms with E-state index in [4.69, 9.17) is 4.74 Å². The summed E-state index contributed by atoms with van der Waals surface area (Å²) >= 11 is 0. The van der Waals surface area contributed by atoms with Gasteiger partial charge in [-0.05, 0) is 61.1 Å². The van der Waals surface area contributed by atoms with E-state index in [0.717, 1.165) is 5.75 Å². The zero-order chi connectivity index (χ0) is 17.8. The lowest BCUT2D eigenvalue weighted by Crippen LogP contribution is -2.66. The maximum Gasteiger partial charge on any atom is 0.123 e. The van der Waals surface area contributed by atoms with Gasteiger partial charge < -0.3 is 4.74 Å². The minimum Gasteiger partial charge on any atom is -0.486 e. The Balaban J connectivity index is 1.65. The summed E-state index contributed by atoms with van der Waals surface area (Å²) in [7, 11) is 0. The van der Waals surface area contributed by atoms with Crippen molar-refractivity contribution in [3.63, 3.8) is 0 Å². The minimum atomic E-state index is -0.00220. The summed E-state index contributed by atoms with van der Waals surface area (Å²) in [6.45, 7) is 5.02. The number of hydrogen-bond acceptors (Lipinski definition) is 1. The standard InChI is InChI=1S/C25H30O/c1-18-16-21(19-10-4-3-5-11-19)22-13-8-9-15-25(22)24(18,2)17-20-12-6-7-14-23(20)26-25/h3-7,10-12,14,18,21-22H,8-9,13,15-17H2,1-2H3/t18-,21-,22-,24-,25+/m1/s1. The smallest absolute Gasteiger partial charge is 0.123 e. The van der Waals surface area contributed by atoms with E-state index in [1.807, 2.05) is 0 Å². The second-order valence-corrected chi connectivity index (χ2v) is 9.20. The summed E-state index contributed by atoms with van der Waals surface area (Å²) in [5, 5.41) is 0. The Morgan fingerprint density at radius 2 is 1.73 bits per heavy atom. The monoisotopic (exact) mass is 346 g/mol. The molecule has 0 unspecified atom stereocenters. The highest BCUT2D eigenvalue weighted by atomic mass is 16.5. The van der Waals surface area contributed by atoms with E-state index in [9.17, 15) is 0 Å². The molecule has 5 rings (SSSR count). The lowest BCUT2D eigenvalue weighted by atomic mass is 9.45. The van der Waals surface area contributed by atoms with Gasteiger partial charge in [-0.3, -0.25) is 0 Å². The molecule has 1 nitrogen and oxygen atoms in total. The van der Waals surface area contributed by atoms with Crippen LogP contribution in [0, 0.1) is 17.3 Å². The first kappa shape index (κ1) is 16.4. The summed E-state index contributed by atoms with van der Waals surface area (Å²) in [6, 6.07) is 20.0. The van der Waals surface area contributed by atoms with E-state index >= 15 is 0 Å². The Kier molecular flexibility index (Phi) is 3.71. The van der Waals surface area contributed by atoms with Gasteiger partial charge in [-0.1, -0.05) is 68.8 Å². The van der Waals surface area contributed by atoms with Crippen LogP contribution < -0.4 is 4.74 Å². The van der Waals surface area contributed by atoms with Crippen molar-refractivity contribution < 1.29 is 4.74 Å².